The van der Waals surface area contributed by atoms with Crippen LogP contribution in [0.5, 0.6) is 0 Å². The van der Waals surface area contributed by atoms with Crippen LogP contribution < -0.4 is 0 Å². The lowest BCUT2D eigenvalue weighted by Gasteiger charge is -2.20. The highest BCUT2D eigenvalue weighted by Crippen LogP contribution is 2.47. The molecule has 0 N–H and O–H groups in total. The maximum atomic E-state index is 2.40. The van der Waals surface area contributed by atoms with E-state index in [9.17, 15) is 0 Å². The molecule has 0 saturated carbocycles. The third-order valence-electron chi connectivity index (χ3n) is 10.7. The van der Waals surface area contributed by atoms with E-state index >= 15 is 0 Å². The molecule has 0 atom stereocenters. The van der Waals surface area contributed by atoms with Crippen molar-refractivity contribution in [2.24, 2.45) is 0 Å². The number of hydrogen-bond acceptors (Lipinski definition) is 0. The Balaban J connectivity index is 1.15. The van der Waals surface area contributed by atoms with E-state index in [0.717, 1.165) is 12.8 Å². The van der Waals surface area contributed by atoms with Gasteiger partial charge in [0.05, 0.1) is 0 Å². The van der Waals surface area contributed by atoms with Crippen molar-refractivity contribution in [3.05, 3.63) is 199 Å². The molecular formula is C50H34. The Morgan fingerprint density at radius 2 is 0.840 bits per heavy atom. The number of benzene rings is 9. The van der Waals surface area contributed by atoms with Gasteiger partial charge in [0.25, 0.3) is 0 Å². The zero-order valence-corrected chi connectivity index (χ0v) is 27.7. The van der Waals surface area contributed by atoms with E-state index in [2.05, 4.69) is 182 Å². The van der Waals surface area contributed by atoms with Crippen molar-refractivity contribution in [1.82, 2.24) is 0 Å². The first-order chi connectivity index (χ1) is 24.8. The molecule has 50 heavy (non-hydrogen) atoms. The van der Waals surface area contributed by atoms with E-state index in [0.29, 0.717) is 0 Å². The third-order valence-corrected chi connectivity index (χ3v) is 10.7. The van der Waals surface area contributed by atoms with Crippen LogP contribution in [0, 0.1) is 0 Å². The number of fused-ring (bicyclic) bond motifs is 5. The summed E-state index contributed by atoms with van der Waals surface area (Å²) >= 11 is 0. The average molecular weight is 635 g/mol. The van der Waals surface area contributed by atoms with E-state index < -0.39 is 0 Å². The Bertz CT molecular complexity index is 2740. The van der Waals surface area contributed by atoms with Gasteiger partial charge < -0.3 is 0 Å². The lowest BCUT2D eigenvalue weighted by atomic mass is 9.83. The molecule has 0 heteroatoms. The second-order valence-corrected chi connectivity index (χ2v) is 13.5. The monoisotopic (exact) mass is 634 g/mol. The minimum Gasteiger partial charge on any atom is -0.0757 e. The molecule has 0 amide bonds. The van der Waals surface area contributed by atoms with Crippen molar-refractivity contribution in [2.45, 2.75) is 12.8 Å². The third kappa shape index (κ3) is 4.60. The van der Waals surface area contributed by atoms with Gasteiger partial charge in [-0.15, -0.1) is 0 Å². The highest BCUT2D eigenvalue weighted by atomic mass is 14.2. The van der Waals surface area contributed by atoms with E-state index in [-0.39, 0.29) is 0 Å². The summed E-state index contributed by atoms with van der Waals surface area (Å²) in [6, 6.07) is 65.2. The van der Waals surface area contributed by atoms with Gasteiger partial charge in [0.1, 0.15) is 0 Å². The van der Waals surface area contributed by atoms with E-state index in [4.69, 9.17) is 0 Å². The molecular weight excluding hydrogens is 601 g/mol. The summed E-state index contributed by atoms with van der Waals surface area (Å²) < 4.78 is 0. The molecule has 1 aliphatic rings. The van der Waals surface area contributed by atoms with E-state index in [1.54, 1.807) is 0 Å². The Morgan fingerprint density at radius 3 is 1.56 bits per heavy atom. The van der Waals surface area contributed by atoms with Gasteiger partial charge in [-0.05, 0) is 118 Å². The molecule has 0 unspecified atom stereocenters. The zero-order valence-electron chi connectivity index (χ0n) is 27.7. The summed E-state index contributed by atoms with van der Waals surface area (Å²) in [5.74, 6) is 0. The van der Waals surface area contributed by atoms with Crippen LogP contribution in [-0.4, -0.2) is 0 Å². The fourth-order valence-electron chi connectivity index (χ4n) is 8.43. The Kier molecular flexibility index (Phi) is 6.74. The smallest absolute Gasteiger partial charge is 0.00201 e. The molecule has 234 valence electrons. The average Bonchev–Trinajstić information content (AvgIpc) is 3.19. The van der Waals surface area contributed by atoms with Gasteiger partial charge >= 0.3 is 0 Å². The number of hydrogen-bond donors (Lipinski definition) is 0. The second kappa shape index (κ2) is 11.7. The summed E-state index contributed by atoms with van der Waals surface area (Å²) in [4.78, 5) is 0. The first kappa shape index (κ1) is 28.7. The molecule has 0 bridgehead atoms. The van der Waals surface area contributed by atoms with Crippen molar-refractivity contribution in [1.29, 1.82) is 0 Å². The molecule has 0 nitrogen and oxygen atoms in total. The first-order valence-corrected chi connectivity index (χ1v) is 17.7. The topological polar surface area (TPSA) is 0 Å². The predicted octanol–water partition coefficient (Wildman–Crippen LogP) is 13.7. The van der Waals surface area contributed by atoms with E-state index in [1.165, 1.54) is 98.7 Å². The lowest BCUT2D eigenvalue weighted by molar-refractivity contribution is 0.978. The highest BCUT2D eigenvalue weighted by Gasteiger charge is 2.19. The summed E-state index contributed by atoms with van der Waals surface area (Å²) in [5, 5.41) is 10.2. The molecule has 0 spiro atoms. The van der Waals surface area contributed by atoms with Crippen LogP contribution in [0.3, 0.4) is 0 Å². The second-order valence-electron chi connectivity index (χ2n) is 13.5. The Labute approximate surface area is 292 Å². The Hall–Kier alpha value is -6.24. The van der Waals surface area contributed by atoms with Gasteiger partial charge in [0.2, 0.25) is 0 Å². The molecule has 0 heterocycles. The van der Waals surface area contributed by atoms with Crippen molar-refractivity contribution >= 4 is 48.7 Å². The number of rotatable bonds is 4. The predicted molar refractivity (Wildman–Crippen MR) is 215 cm³/mol. The van der Waals surface area contributed by atoms with Gasteiger partial charge in [-0.3, -0.25) is 0 Å². The first-order valence-electron chi connectivity index (χ1n) is 17.7. The van der Waals surface area contributed by atoms with Crippen molar-refractivity contribution in [3.8, 4) is 33.4 Å². The molecule has 0 aromatic heterocycles. The summed E-state index contributed by atoms with van der Waals surface area (Å²) in [6.07, 6.45) is 4.61. The van der Waals surface area contributed by atoms with Crippen LogP contribution >= 0.6 is 0 Å². The van der Waals surface area contributed by atoms with Crippen LogP contribution in [0.2, 0.25) is 0 Å². The normalized spacial score (nSPS) is 12.8. The number of allylic oxidation sites excluding steroid dienone is 1. The molecule has 1 aliphatic carbocycles. The number of aryl methyl sites for hydroxylation is 1. The standard InChI is InChI=1S/C50H34/c1-2-14-37-32-38(29-24-33(37)12-1)49-44-19-7-9-21-46(44)50(47-22-10-8-20-45(47)49)48-31-30-41(42-17-5-6-18-43(42)48)36-27-25-35(26-28-36)40-23-11-15-34-13-3-4-16-39(34)40/h1-10,12-14,16-32H,11,15H2. The van der Waals surface area contributed by atoms with Crippen molar-refractivity contribution < 1.29 is 0 Å². The maximum absolute atomic E-state index is 2.40. The van der Waals surface area contributed by atoms with Gasteiger partial charge in [-0.2, -0.15) is 0 Å². The van der Waals surface area contributed by atoms with Crippen LogP contribution in [0.25, 0.3) is 82.0 Å². The van der Waals surface area contributed by atoms with Crippen molar-refractivity contribution in [3.63, 3.8) is 0 Å². The summed E-state index contributed by atoms with van der Waals surface area (Å²) in [5.41, 5.74) is 13.0. The molecule has 0 fully saturated rings. The highest BCUT2D eigenvalue weighted by molar-refractivity contribution is 6.24. The molecule has 0 saturated heterocycles. The Morgan fingerprint density at radius 1 is 0.320 bits per heavy atom. The fraction of sp³-hybridized carbons (Fsp3) is 0.0400. The summed E-state index contributed by atoms with van der Waals surface area (Å²) in [7, 11) is 0. The molecule has 10 rings (SSSR count). The largest absolute Gasteiger partial charge is 0.0757 e. The van der Waals surface area contributed by atoms with Gasteiger partial charge in [0, 0.05) is 0 Å². The van der Waals surface area contributed by atoms with Crippen LogP contribution in [0.1, 0.15) is 23.1 Å². The van der Waals surface area contributed by atoms with Crippen LogP contribution in [-0.2, 0) is 6.42 Å². The molecule has 0 aliphatic heterocycles. The van der Waals surface area contributed by atoms with Gasteiger partial charge in [-0.1, -0.05) is 176 Å². The van der Waals surface area contributed by atoms with Gasteiger partial charge in [0.15, 0.2) is 0 Å². The van der Waals surface area contributed by atoms with Gasteiger partial charge in [-0.25, -0.2) is 0 Å². The maximum Gasteiger partial charge on any atom is -0.00201 e. The molecule has 9 aromatic carbocycles. The lowest BCUT2D eigenvalue weighted by Crippen LogP contribution is -2.00. The quantitative estimate of drug-likeness (QED) is 0.169. The zero-order chi connectivity index (χ0) is 33.0. The summed E-state index contributed by atoms with van der Waals surface area (Å²) in [6.45, 7) is 0. The minimum absolute atomic E-state index is 1.09. The van der Waals surface area contributed by atoms with E-state index in [1.807, 2.05) is 0 Å². The fourth-order valence-corrected chi connectivity index (χ4v) is 8.43. The van der Waals surface area contributed by atoms with Crippen LogP contribution in [0.4, 0.5) is 0 Å². The molecule has 0 radical (unpaired) electrons. The molecule has 9 aromatic rings. The SMILES string of the molecule is C1=C(c2ccc(-c3ccc(-c4c5ccccc5c(-c5ccc6ccccc6c5)c5ccccc45)c4ccccc34)cc2)c2ccccc2CC1. The van der Waals surface area contributed by atoms with Crippen LogP contribution in [0.15, 0.2) is 182 Å². The van der Waals surface area contributed by atoms with Crippen molar-refractivity contribution in [2.75, 3.05) is 0 Å². The minimum atomic E-state index is 1.09.